The number of halogens is 1. The van der Waals surface area contributed by atoms with E-state index in [9.17, 15) is 19.2 Å². The second-order valence-electron chi connectivity index (χ2n) is 10.8. The summed E-state index contributed by atoms with van der Waals surface area (Å²) in [6, 6.07) is 12.9. The third kappa shape index (κ3) is 9.17. The van der Waals surface area contributed by atoms with E-state index in [4.69, 9.17) is 44.8 Å². The van der Waals surface area contributed by atoms with Crippen LogP contribution in [0.3, 0.4) is 0 Å². The minimum absolute atomic E-state index is 0.309. The normalized spacial score (nSPS) is 24.7. The van der Waals surface area contributed by atoms with E-state index in [2.05, 4.69) is 0 Å². The van der Waals surface area contributed by atoms with E-state index in [0.29, 0.717) is 36.1 Å². The van der Waals surface area contributed by atoms with Gasteiger partial charge in [0.25, 0.3) is 0 Å². The highest BCUT2D eigenvalue weighted by molar-refractivity contribution is 6.31. The molecule has 2 aliphatic rings. The number of carbonyl (C=O) groups excluding carboxylic acids is 4. The summed E-state index contributed by atoms with van der Waals surface area (Å²) >= 11 is 6.60. The first kappa shape index (κ1) is 33.2. The molecule has 0 spiro atoms. The van der Waals surface area contributed by atoms with Crippen molar-refractivity contribution in [3.8, 4) is 5.75 Å². The minimum atomic E-state index is -1.26. The van der Waals surface area contributed by atoms with Gasteiger partial charge in [-0.3, -0.25) is 19.2 Å². The van der Waals surface area contributed by atoms with E-state index >= 15 is 0 Å². The predicted molar refractivity (Wildman–Crippen MR) is 156 cm³/mol. The van der Waals surface area contributed by atoms with E-state index in [1.807, 2.05) is 30.3 Å². The van der Waals surface area contributed by atoms with Crippen molar-refractivity contribution in [3.63, 3.8) is 0 Å². The molecule has 2 heterocycles. The van der Waals surface area contributed by atoms with E-state index in [0.717, 1.165) is 29.9 Å². The number of carbonyl (C=O) groups is 4. The Labute approximate surface area is 261 Å². The summed E-state index contributed by atoms with van der Waals surface area (Å²) in [5, 5.41) is 0.501. The van der Waals surface area contributed by atoms with Crippen molar-refractivity contribution in [2.75, 3.05) is 26.4 Å². The fourth-order valence-corrected chi connectivity index (χ4v) is 5.44. The molecule has 238 valence electrons. The number of ether oxygens (including phenoxy) is 7. The number of hydrogen-bond donors (Lipinski definition) is 0. The van der Waals surface area contributed by atoms with Gasteiger partial charge in [-0.25, -0.2) is 0 Å². The van der Waals surface area contributed by atoms with Crippen LogP contribution in [-0.2, 0) is 54.0 Å². The molecular weight excluding hydrogens is 596 g/mol. The molecule has 6 atom stereocenters. The van der Waals surface area contributed by atoms with Crippen molar-refractivity contribution in [3.05, 3.63) is 64.2 Å². The molecule has 2 unspecified atom stereocenters. The van der Waals surface area contributed by atoms with Crippen LogP contribution in [0.25, 0.3) is 0 Å². The Morgan fingerprint density at radius 2 is 1.48 bits per heavy atom. The molecule has 0 bridgehead atoms. The molecule has 11 nitrogen and oxygen atoms in total. The van der Waals surface area contributed by atoms with E-state index < -0.39 is 54.4 Å². The average molecular weight is 633 g/mol. The standard InChI is InChI=1S/C32H37ClO11/c1-18(34)39-17-28-30(41-19(2)35)32(43-21(4)37)31(42-20(3)36)29(44-28)24-7-10-27(33)25(14-24)13-22-5-8-26(9-6-22)40-16-23-11-12-38-15-23/h5-10,14,23,28-32H,11-13,15-17H2,1-4H3/t23?,28?,29-,30+,31-,32-/m0/s1. The van der Waals surface area contributed by atoms with Gasteiger partial charge in [0, 0.05) is 45.2 Å². The van der Waals surface area contributed by atoms with Gasteiger partial charge in [-0.15, -0.1) is 0 Å². The van der Waals surface area contributed by atoms with Gasteiger partial charge in [0.2, 0.25) is 0 Å². The highest BCUT2D eigenvalue weighted by Gasteiger charge is 2.52. The van der Waals surface area contributed by atoms with Gasteiger partial charge in [-0.2, -0.15) is 0 Å². The van der Waals surface area contributed by atoms with Crippen LogP contribution >= 0.6 is 11.6 Å². The van der Waals surface area contributed by atoms with Gasteiger partial charge in [-0.05, 0) is 47.7 Å². The number of rotatable bonds is 11. The molecule has 4 rings (SSSR count). The molecule has 12 heteroatoms. The molecule has 0 aliphatic carbocycles. The van der Waals surface area contributed by atoms with Crippen molar-refractivity contribution in [1.82, 2.24) is 0 Å². The summed E-state index contributed by atoms with van der Waals surface area (Å²) in [6.45, 7) is 6.56. The Morgan fingerprint density at radius 1 is 0.818 bits per heavy atom. The maximum atomic E-state index is 12.2. The molecule has 2 saturated heterocycles. The van der Waals surface area contributed by atoms with Crippen molar-refractivity contribution in [2.24, 2.45) is 5.92 Å². The monoisotopic (exact) mass is 632 g/mol. The first-order valence-corrected chi connectivity index (χ1v) is 14.8. The lowest BCUT2D eigenvalue weighted by Gasteiger charge is -2.44. The molecule has 0 radical (unpaired) electrons. The zero-order valence-electron chi connectivity index (χ0n) is 25.1. The SMILES string of the molecule is CC(=O)OCC1O[C@@H](c2ccc(Cl)c(Cc3ccc(OCC4CCOC4)cc3)c2)[C@H](OC(C)=O)[C@@H](OC(C)=O)[C@@H]1OC(C)=O. The summed E-state index contributed by atoms with van der Waals surface area (Å²) in [4.78, 5) is 48.0. The molecule has 2 aliphatic heterocycles. The molecular formula is C32H37ClO11. The first-order valence-electron chi connectivity index (χ1n) is 14.4. The Hall–Kier alpha value is -3.67. The van der Waals surface area contributed by atoms with Gasteiger partial charge in [0.15, 0.2) is 18.3 Å². The summed E-state index contributed by atoms with van der Waals surface area (Å²) in [6.07, 6.45) is -4.29. The lowest BCUT2D eigenvalue weighted by Crippen LogP contribution is -2.59. The van der Waals surface area contributed by atoms with Crippen molar-refractivity contribution in [2.45, 2.75) is 71.1 Å². The first-order chi connectivity index (χ1) is 21.0. The summed E-state index contributed by atoms with van der Waals surface area (Å²) in [7, 11) is 0. The second-order valence-corrected chi connectivity index (χ2v) is 11.2. The third-order valence-corrected chi connectivity index (χ3v) is 7.59. The fraction of sp³-hybridized carbons (Fsp3) is 0.500. The maximum absolute atomic E-state index is 12.2. The Bertz CT molecular complexity index is 1320. The van der Waals surface area contributed by atoms with Gasteiger partial charge in [0.05, 0.1) is 13.2 Å². The van der Waals surface area contributed by atoms with Gasteiger partial charge >= 0.3 is 23.9 Å². The van der Waals surface area contributed by atoms with Gasteiger partial charge < -0.3 is 33.2 Å². The number of benzene rings is 2. The van der Waals surface area contributed by atoms with Crippen molar-refractivity contribution < 1.29 is 52.3 Å². The molecule has 44 heavy (non-hydrogen) atoms. The molecule has 2 aromatic carbocycles. The second kappa shape index (κ2) is 15.4. The Balaban J connectivity index is 1.61. The fourth-order valence-electron chi connectivity index (χ4n) is 5.26. The number of hydrogen-bond acceptors (Lipinski definition) is 11. The van der Waals surface area contributed by atoms with Crippen LogP contribution in [-0.4, -0.2) is 74.7 Å². The van der Waals surface area contributed by atoms with E-state index in [1.165, 1.54) is 27.7 Å². The van der Waals surface area contributed by atoms with Crippen molar-refractivity contribution in [1.29, 1.82) is 0 Å². The lowest BCUT2D eigenvalue weighted by atomic mass is 9.89. The quantitative estimate of drug-likeness (QED) is 0.261. The lowest BCUT2D eigenvalue weighted by molar-refractivity contribution is -0.254. The Morgan fingerprint density at radius 3 is 2.09 bits per heavy atom. The molecule has 0 N–H and O–H groups in total. The Kier molecular flexibility index (Phi) is 11.6. The molecule has 0 aromatic heterocycles. The zero-order valence-corrected chi connectivity index (χ0v) is 25.9. The summed E-state index contributed by atoms with van der Waals surface area (Å²) in [5.41, 5.74) is 2.29. The van der Waals surface area contributed by atoms with Crippen molar-refractivity contribution >= 4 is 35.5 Å². The topological polar surface area (TPSA) is 133 Å². The van der Waals surface area contributed by atoms with Crippen LogP contribution in [0.4, 0.5) is 0 Å². The highest BCUT2D eigenvalue weighted by atomic mass is 35.5. The van der Waals surface area contributed by atoms with Crippen LogP contribution in [0.15, 0.2) is 42.5 Å². The molecule has 2 aromatic rings. The minimum Gasteiger partial charge on any atom is -0.493 e. The molecule has 0 amide bonds. The van der Waals surface area contributed by atoms with Gasteiger partial charge in [0.1, 0.15) is 24.6 Å². The van der Waals surface area contributed by atoms with E-state index in [-0.39, 0.29) is 6.61 Å². The van der Waals surface area contributed by atoms with Crippen LogP contribution in [0.5, 0.6) is 5.75 Å². The van der Waals surface area contributed by atoms with Crippen LogP contribution < -0.4 is 4.74 Å². The highest BCUT2D eigenvalue weighted by Crippen LogP contribution is 2.39. The average Bonchev–Trinajstić information content (AvgIpc) is 3.48. The van der Waals surface area contributed by atoms with Crippen LogP contribution in [0.1, 0.15) is 56.9 Å². The smallest absolute Gasteiger partial charge is 0.303 e. The summed E-state index contributed by atoms with van der Waals surface area (Å²) < 4.78 is 39.4. The van der Waals surface area contributed by atoms with Crippen LogP contribution in [0, 0.1) is 5.92 Å². The maximum Gasteiger partial charge on any atom is 0.303 e. The molecule has 0 saturated carbocycles. The summed E-state index contributed by atoms with van der Waals surface area (Å²) in [5.74, 6) is -1.49. The number of esters is 4. The largest absolute Gasteiger partial charge is 0.493 e. The predicted octanol–water partition coefficient (Wildman–Crippen LogP) is 4.14. The molecule has 2 fully saturated rings. The van der Waals surface area contributed by atoms with Gasteiger partial charge in [-0.1, -0.05) is 35.9 Å². The van der Waals surface area contributed by atoms with E-state index in [1.54, 1.807) is 12.1 Å². The zero-order chi connectivity index (χ0) is 31.8. The van der Waals surface area contributed by atoms with Crippen LogP contribution in [0.2, 0.25) is 5.02 Å². The third-order valence-electron chi connectivity index (χ3n) is 7.22.